The zero-order valence-corrected chi connectivity index (χ0v) is 11.1. The lowest BCUT2D eigenvalue weighted by Gasteiger charge is -2.34. The Kier molecular flexibility index (Phi) is 3.51. The Balaban J connectivity index is 2.16. The van der Waals surface area contributed by atoms with Crippen molar-refractivity contribution in [2.45, 2.75) is 28.9 Å². The summed E-state index contributed by atoms with van der Waals surface area (Å²) in [6.45, 7) is -0.763. The van der Waals surface area contributed by atoms with Crippen molar-refractivity contribution >= 4 is 22.6 Å². The number of ether oxygens (including phenoxy) is 1. The third kappa shape index (κ3) is 3.02. The van der Waals surface area contributed by atoms with Gasteiger partial charge in [-0.05, 0) is 25.3 Å². The van der Waals surface area contributed by atoms with Crippen LogP contribution >= 0.6 is 22.6 Å². The quantitative estimate of drug-likeness (QED) is 0.604. The van der Waals surface area contributed by atoms with Gasteiger partial charge in [-0.3, -0.25) is 4.98 Å². The molecule has 2 rings (SSSR count). The predicted octanol–water partition coefficient (Wildman–Crippen LogP) is 3.84. The number of hydrogen-bond donors (Lipinski definition) is 0. The smallest absolute Gasteiger partial charge is 0.329 e. The van der Waals surface area contributed by atoms with Gasteiger partial charge in [-0.25, -0.2) is 4.39 Å². The van der Waals surface area contributed by atoms with Crippen molar-refractivity contribution in [1.82, 2.24) is 4.98 Å². The van der Waals surface area contributed by atoms with Crippen molar-refractivity contribution in [3.63, 3.8) is 0 Å². The van der Waals surface area contributed by atoms with Crippen LogP contribution in [0.3, 0.4) is 0 Å². The number of hydrogen-bond acceptors (Lipinski definition) is 2. The first-order valence-electron chi connectivity index (χ1n) is 5.24. The van der Waals surface area contributed by atoms with Gasteiger partial charge in [0.1, 0.15) is 11.4 Å². The highest BCUT2D eigenvalue weighted by atomic mass is 127. The van der Waals surface area contributed by atoms with Gasteiger partial charge >= 0.3 is 3.93 Å². The van der Waals surface area contributed by atoms with Crippen molar-refractivity contribution in [2.24, 2.45) is 0 Å². The van der Waals surface area contributed by atoms with Gasteiger partial charge in [0.15, 0.2) is 6.61 Å². The Morgan fingerprint density at radius 1 is 1.47 bits per heavy atom. The molecule has 0 N–H and O–H groups in total. The van der Waals surface area contributed by atoms with E-state index in [0.29, 0.717) is 12.8 Å². The van der Waals surface area contributed by atoms with E-state index in [0.717, 1.165) is 29.0 Å². The van der Waals surface area contributed by atoms with E-state index in [1.54, 1.807) is 0 Å². The maximum Gasteiger partial charge on any atom is 0.329 e. The fourth-order valence-electron chi connectivity index (χ4n) is 1.76. The molecule has 1 fully saturated rings. The van der Waals surface area contributed by atoms with Crippen molar-refractivity contribution in [3.8, 4) is 5.75 Å². The molecule has 1 aliphatic rings. The second kappa shape index (κ2) is 4.62. The molecule has 0 spiro atoms. The van der Waals surface area contributed by atoms with Crippen LogP contribution in [0.5, 0.6) is 5.75 Å². The van der Waals surface area contributed by atoms with Crippen LogP contribution in [-0.2, 0) is 5.67 Å². The molecule has 0 saturated heterocycles. The van der Waals surface area contributed by atoms with E-state index < -0.39 is 16.2 Å². The van der Waals surface area contributed by atoms with E-state index in [2.05, 4.69) is 4.98 Å². The monoisotopic (exact) mass is 357 g/mol. The van der Waals surface area contributed by atoms with E-state index in [1.165, 1.54) is 18.5 Å². The minimum Gasteiger partial charge on any atom is -0.486 e. The summed E-state index contributed by atoms with van der Waals surface area (Å²) in [5.41, 5.74) is -1.17. The van der Waals surface area contributed by atoms with E-state index >= 15 is 0 Å². The van der Waals surface area contributed by atoms with Crippen molar-refractivity contribution in [1.29, 1.82) is 0 Å². The van der Waals surface area contributed by atoms with Crippen LogP contribution in [0.1, 0.15) is 24.8 Å². The first-order chi connectivity index (χ1) is 7.91. The topological polar surface area (TPSA) is 22.1 Å². The van der Waals surface area contributed by atoms with Crippen LogP contribution in [0.2, 0.25) is 0 Å². The number of alkyl halides is 4. The van der Waals surface area contributed by atoms with Crippen molar-refractivity contribution < 1.29 is 17.9 Å². The highest BCUT2D eigenvalue weighted by Gasteiger charge is 2.41. The van der Waals surface area contributed by atoms with Gasteiger partial charge in [0.2, 0.25) is 0 Å². The summed E-state index contributed by atoms with van der Waals surface area (Å²) >= 11 is 0.992. The molecule has 1 aliphatic carbocycles. The molecule has 0 amide bonds. The predicted molar refractivity (Wildman–Crippen MR) is 65.3 cm³/mol. The van der Waals surface area contributed by atoms with Gasteiger partial charge in [-0.15, -0.1) is 0 Å². The van der Waals surface area contributed by atoms with Crippen LogP contribution in [0.4, 0.5) is 13.2 Å². The number of aromatic nitrogens is 1. The summed E-state index contributed by atoms with van der Waals surface area (Å²) < 4.78 is 41.6. The molecule has 0 unspecified atom stereocenters. The van der Waals surface area contributed by atoms with Crippen LogP contribution in [0.25, 0.3) is 0 Å². The molecule has 0 aromatic carbocycles. The third-order valence-corrected chi connectivity index (χ3v) is 3.11. The summed E-state index contributed by atoms with van der Waals surface area (Å²) in [5.74, 6) is 0.165. The molecule has 1 aromatic rings. The second-order valence-electron chi connectivity index (χ2n) is 4.09. The lowest BCUT2D eigenvalue weighted by atomic mass is 9.77. The fourth-order valence-corrected chi connectivity index (χ4v) is 1.92. The molecular weight excluding hydrogens is 346 g/mol. The third-order valence-electron chi connectivity index (χ3n) is 2.80. The van der Waals surface area contributed by atoms with Crippen LogP contribution in [-0.4, -0.2) is 15.5 Å². The first-order valence-corrected chi connectivity index (χ1v) is 6.32. The lowest BCUT2D eigenvalue weighted by Crippen LogP contribution is -2.30. The first kappa shape index (κ1) is 12.9. The molecule has 0 bridgehead atoms. The molecule has 1 saturated carbocycles. The Labute approximate surface area is 111 Å². The molecule has 0 radical (unpaired) electrons. The van der Waals surface area contributed by atoms with E-state index in [1.807, 2.05) is 0 Å². The maximum absolute atomic E-state index is 14.2. The van der Waals surface area contributed by atoms with Gasteiger partial charge in [0.25, 0.3) is 0 Å². The van der Waals surface area contributed by atoms with E-state index in [-0.39, 0.29) is 11.3 Å². The van der Waals surface area contributed by atoms with Crippen LogP contribution in [0, 0.1) is 0 Å². The SMILES string of the molecule is FC(F)(I)COc1ccncc1C1(F)CCC1. The molecule has 2 nitrogen and oxygen atoms in total. The molecule has 1 aromatic heterocycles. The van der Waals surface area contributed by atoms with Gasteiger partial charge in [0, 0.05) is 40.5 Å². The number of halogens is 4. The maximum atomic E-state index is 14.2. The standard InChI is InChI=1S/C11H11F3INO/c12-10(3-1-4-10)8-6-16-5-2-9(8)17-7-11(13,14)15/h2,5-6H,1,3-4,7H2. The summed E-state index contributed by atoms with van der Waals surface area (Å²) in [6.07, 6.45) is 4.37. The average molecular weight is 357 g/mol. The summed E-state index contributed by atoms with van der Waals surface area (Å²) in [7, 11) is 0. The van der Waals surface area contributed by atoms with Gasteiger partial charge in [-0.2, -0.15) is 8.78 Å². The van der Waals surface area contributed by atoms with Crippen LogP contribution < -0.4 is 4.74 Å². The minimum atomic E-state index is -2.96. The van der Waals surface area contributed by atoms with E-state index in [9.17, 15) is 13.2 Å². The summed E-state index contributed by atoms with van der Waals surface area (Å²) in [6, 6.07) is 1.43. The lowest BCUT2D eigenvalue weighted by molar-refractivity contribution is 0.0438. The second-order valence-corrected chi connectivity index (χ2v) is 5.67. The zero-order valence-electron chi connectivity index (χ0n) is 8.93. The summed E-state index contributed by atoms with van der Waals surface area (Å²) in [4.78, 5) is 3.83. The fraction of sp³-hybridized carbons (Fsp3) is 0.545. The van der Waals surface area contributed by atoms with Gasteiger partial charge in [0.05, 0.1) is 0 Å². The van der Waals surface area contributed by atoms with Crippen LogP contribution in [0.15, 0.2) is 18.5 Å². The van der Waals surface area contributed by atoms with Gasteiger partial charge < -0.3 is 4.74 Å². The zero-order chi connectivity index (χ0) is 12.5. The Morgan fingerprint density at radius 2 is 2.18 bits per heavy atom. The Bertz CT molecular complexity index is 404. The molecule has 0 atom stereocenters. The Hall–Kier alpha value is -0.530. The normalized spacial score (nSPS) is 18.6. The highest BCUT2D eigenvalue weighted by Crippen LogP contribution is 2.48. The molecular formula is C11H11F3INO. The van der Waals surface area contributed by atoms with Gasteiger partial charge in [-0.1, -0.05) is 0 Å². The largest absolute Gasteiger partial charge is 0.486 e. The molecule has 17 heavy (non-hydrogen) atoms. The number of nitrogens with zero attached hydrogens (tertiary/aromatic N) is 1. The minimum absolute atomic E-state index is 0.165. The molecule has 0 aliphatic heterocycles. The summed E-state index contributed by atoms with van der Waals surface area (Å²) in [5, 5.41) is 0. The Morgan fingerprint density at radius 3 is 2.71 bits per heavy atom. The van der Waals surface area contributed by atoms with Crippen molar-refractivity contribution in [3.05, 3.63) is 24.0 Å². The highest BCUT2D eigenvalue weighted by molar-refractivity contribution is 14.1. The van der Waals surface area contributed by atoms with E-state index in [4.69, 9.17) is 4.74 Å². The molecule has 94 valence electrons. The molecule has 1 heterocycles. The average Bonchev–Trinajstić information content (AvgIpc) is 2.22. The molecule has 6 heteroatoms. The van der Waals surface area contributed by atoms with Crippen molar-refractivity contribution in [2.75, 3.05) is 6.61 Å². The number of pyridine rings is 1. The number of rotatable bonds is 4.